The van der Waals surface area contributed by atoms with Crippen LogP contribution in [-0.2, 0) is 4.79 Å². The van der Waals surface area contributed by atoms with Crippen LogP contribution in [0.25, 0.3) is 0 Å². The molecular formula is C13H26N2O. The van der Waals surface area contributed by atoms with E-state index in [0.29, 0.717) is 18.4 Å². The summed E-state index contributed by atoms with van der Waals surface area (Å²) < 4.78 is 0. The van der Waals surface area contributed by atoms with Crippen LogP contribution in [-0.4, -0.2) is 18.5 Å². The summed E-state index contributed by atoms with van der Waals surface area (Å²) >= 11 is 0. The van der Waals surface area contributed by atoms with Gasteiger partial charge in [0.1, 0.15) is 0 Å². The summed E-state index contributed by atoms with van der Waals surface area (Å²) in [4.78, 5) is 11.1. The predicted molar refractivity (Wildman–Crippen MR) is 67.1 cm³/mol. The van der Waals surface area contributed by atoms with Gasteiger partial charge in [0.15, 0.2) is 0 Å². The monoisotopic (exact) mass is 226 g/mol. The molecule has 1 aliphatic carbocycles. The van der Waals surface area contributed by atoms with Crippen LogP contribution in [0.2, 0.25) is 0 Å². The predicted octanol–water partition coefficient (Wildman–Crippen LogP) is 2.20. The number of carbonyl (C=O) groups excluding carboxylic acids is 1. The molecule has 16 heavy (non-hydrogen) atoms. The van der Waals surface area contributed by atoms with Gasteiger partial charge in [0.2, 0.25) is 5.91 Å². The quantitative estimate of drug-likeness (QED) is 0.682. The van der Waals surface area contributed by atoms with Crippen molar-refractivity contribution in [1.82, 2.24) is 5.32 Å². The van der Waals surface area contributed by atoms with Crippen LogP contribution in [0.5, 0.6) is 0 Å². The fraction of sp³-hybridized carbons (Fsp3) is 0.923. The van der Waals surface area contributed by atoms with Gasteiger partial charge < -0.3 is 11.1 Å². The number of rotatable bonds is 6. The number of amides is 1. The van der Waals surface area contributed by atoms with Crippen LogP contribution in [0.4, 0.5) is 0 Å². The molecule has 3 heteroatoms. The van der Waals surface area contributed by atoms with Crippen molar-refractivity contribution in [3.05, 3.63) is 0 Å². The molecule has 0 radical (unpaired) electrons. The molecule has 3 nitrogen and oxygen atoms in total. The average molecular weight is 226 g/mol. The highest BCUT2D eigenvalue weighted by Gasteiger charge is 2.23. The summed E-state index contributed by atoms with van der Waals surface area (Å²) in [6, 6.07) is 0.315. The summed E-state index contributed by atoms with van der Waals surface area (Å²) in [6.45, 7) is 3.15. The molecule has 94 valence electrons. The lowest BCUT2D eigenvalue weighted by atomic mass is 9.89. The molecule has 1 unspecified atom stereocenters. The lowest BCUT2D eigenvalue weighted by molar-refractivity contribution is -0.118. The van der Waals surface area contributed by atoms with Crippen LogP contribution < -0.4 is 11.1 Å². The van der Waals surface area contributed by atoms with Gasteiger partial charge in [-0.3, -0.25) is 4.79 Å². The minimum Gasteiger partial charge on any atom is -0.370 e. The topological polar surface area (TPSA) is 55.1 Å². The standard InChI is InChI=1S/C13H26N2O/c1-2-9-15-12(10-13(14)16)11-7-5-3-4-6-8-11/h11-12,15H,2-10H2,1H3,(H2,14,16). The highest BCUT2D eigenvalue weighted by molar-refractivity contribution is 5.74. The molecule has 1 amide bonds. The van der Waals surface area contributed by atoms with Gasteiger partial charge in [-0.25, -0.2) is 0 Å². The van der Waals surface area contributed by atoms with Crippen molar-refractivity contribution in [1.29, 1.82) is 0 Å². The summed E-state index contributed by atoms with van der Waals surface area (Å²) in [5.74, 6) is 0.486. The maximum absolute atomic E-state index is 11.1. The molecule has 3 N–H and O–H groups in total. The first-order chi connectivity index (χ1) is 7.74. The van der Waals surface area contributed by atoms with Crippen molar-refractivity contribution in [2.75, 3.05) is 6.54 Å². The van der Waals surface area contributed by atoms with E-state index in [0.717, 1.165) is 13.0 Å². The van der Waals surface area contributed by atoms with E-state index >= 15 is 0 Å². The van der Waals surface area contributed by atoms with Gasteiger partial charge in [-0.2, -0.15) is 0 Å². The molecule has 0 saturated heterocycles. The van der Waals surface area contributed by atoms with Crippen LogP contribution in [0.1, 0.15) is 58.3 Å². The zero-order valence-corrected chi connectivity index (χ0v) is 10.5. The first-order valence-electron chi connectivity index (χ1n) is 6.75. The minimum absolute atomic E-state index is 0.169. The van der Waals surface area contributed by atoms with E-state index in [1.807, 2.05) is 0 Å². The number of hydrogen-bond donors (Lipinski definition) is 2. The molecule has 1 aliphatic rings. The number of nitrogens with two attached hydrogens (primary N) is 1. The third-order valence-electron chi connectivity index (χ3n) is 3.55. The number of nitrogens with one attached hydrogen (secondary N) is 1. The second kappa shape index (κ2) is 7.66. The summed E-state index contributed by atoms with van der Waals surface area (Å²) in [5.41, 5.74) is 5.33. The molecule has 0 spiro atoms. The molecule has 1 atom stereocenters. The Bertz CT molecular complexity index is 198. The van der Waals surface area contributed by atoms with Gasteiger partial charge in [0, 0.05) is 12.5 Å². The van der Waals surface area contributed by atoms with E-state index in [1.165, 1.54) is 38.5 Å². The Morgan fingerprint density at radius 2 is 1.94 bits per heavy atom. The minimum atomic E-state index is -0.169. The van der Waals surface area contributed by atoms with Gasteiger partial charge >= 0.3 is 0 Å². The summed E-state index contributed by atoms with van der Waals surface area (Å²) in [7, 11) is 0. The van der Waals surface area contributed by atoms with Gasteiger partial charge in [-0.05, 0) is 31.7 Å². The third-order valence-corrected chi connectivity index (χ3v) is 3.55. The van der Waals surface area contributed by atoms with Crippen molar-refractivity contribution in [3.8, 4) is 0 Å². The molecule has 0 aromatic rings. The van der Waals surface area contributed by atoms with E-state index in [4.69, 9.17) is 5.73 Å². The summed E-state index contributed by atoms with van der Waals surface area (Å²) in [6.07, 6.45) is 9.47. The largest absolute Gasteiger partial charge is 0.370 e. The highest BCUT2D eigenvalue weighted by atomic mass is 16.1. The lowest BCUT2D eigenvalue weighted by Crippen LogP contribution is -2.39. The molecule has 0 bridgehead atoms. The lowest BCUT2D eigenvalue weighted by Gasteiger charge is -2.26. The second-order valence-electron chi connectivity index (χ2n) is 4.98. The molecule has 1 fully saturated rings. The molecule has 0 heterocycles. The van der Waals surface area contributed by atoms with Crippen LogP contribution in [0, 0.1) is 5.92 Å². The van der Waals surface area contributed by atoms with Crippen molar-refractivity contribution in [3.63, 3.8) is 0 Å². The van der Waals surface area contributed by atoms with E-state index in [1.54, 1.807) is 0 Å². The highest BCUT2D eigenvalue weighted by Crippen LogP contribution is 2.26. The molecule has 0 aromatic carbocycles. The van der Waals surface area contributed by atoms with Gasteiger partial charge in [-0.15, -0.1) is 0 Å². The number of hydrogen-bond acceptors (Lipinski definition) is 2. The molecular weight excluding hydrogens is 200 g/mol. The van der Waals surface area contributed by atoms with Crippen molar-refractivity contribution >= 4 is 5.91 Å². The van der Waals surface area contributed by atoms with Crippen molar-refractivity contribution in [2.45, 2.75) is 64.3 Å². The second-order valence-corrected chi connectivity index (χ2v) is 4.98. The van der Waals surface area contributed by atoms with E-state index in [2.05, 4.69) is 12.2 Å². The van der Waals surface area contributed by atoms with Crippen LogP contribution in [0.15, 0.2) is 0 Å². The maximum Gasteiger partial charge on any atom is 0.218 e. The SMILES string of the molecule is CCCNC(CC(N)=O)C1CCCCCC1. The summed E-state index contributed by atoms with van der Waals surface area (Å²) in [5, 5.41) is 3.50. The normalized spacial score (nSPS) is 20.3. The van der Waals surface area contributed by atoms with E-state index in [9.17, 15) is 4.79 Å². The van der Waals surface area contributed by atoms with Gasteiger partial charge in [0.05, 0.1) is 0 Å². The Kier molecular flexibility index (Phi) is 6.46. The van der Waals surface area contributed by atoms with Crippen LogP contribution >= 0.6 is 0 Å². The zero-order chi connectivity index (χ0) is 11.8. The van der Waals surface area contributed by atoms with E-state index in [-0.39, 0.29) is 5.91 Å². The Morgan fingerprint density at radius 3 is 2.44 bits per heavy atom. The Morgan fingerprint density at radius 1 is 1.31 bits per heavy atom. The Balaban J connectivity index is 2.46. The molecule has 0 aliphatic heterocycles. The first-order valence-corrected chi connectivity index (χ1v) is 6.75. The van der Waals surface area contributed by atoms with E-state index < -0.39 is 0 Å². The maximum atomic E-state index is 11.1. The fourth-order valence-corrected chi connectivity index (χ4v) is 2.67. The first kappa shape index (κ1) is 13.5. The van der Waals surface area contributed by atoms with Crippen molar-refractivity contribution < 1.29 is 4.79 Å². The van der Waals surface area contributed by atoms with Gasteiger partial charge in [-0.1, -0.05) is 32.6 Å². The molecule has 0 aromatic heterocycles. The number of carbonyl (C=O) groups is 1. The Labute approximate surface area is 99.2 Å². The van der Waals surface area contributed by atoms with Crippen molar-refractivity contribution in [2.24, 2.45) is 11.7 Å². The Hall–Kier alpha value is -0.570. The number of primary amides is 1. The molecule has 1 rings (SSSR count). The smallest absolute Gasteiger partial charge is 0.218 e. The fourth-order valence-electron chi connectivity index (χ4n) is 2.67. The molecule has 1 saturated carbocycles. The van der Waals surface area contributed by atoms with Crippen LogP contribution in [0.3, 0.4) is 0 Å². The third kappa shape index (κ3) is 4.97. The zero-order valence-electron chi connectivity index (χ0n) is 10.5. The van der Waals surface area contributed by atoms with Gasteiger partial charge in [0.25, 0.3) is 0 Å². The average Bonchev–Trinajstić information content (AvgIpc) is 2.52.